The van der Waals surface area contributed by atoms with E-state index in [0.717, 1.165) is 12.3 Å². The van der Waals surface area contributed by atoms with E-state index in [2.05, 4.69) is 39.5 Å². The van der Waals surface area contributed by atoms with Crippen molar-refractivity contribution in [1.29, 1.82) is 0 Å². The van der Waals surface area contributed by atoms with Gasteiger partial charge in [0.25, 0.3) is 0 Å². The molecule has 0 spiro atoms. The fraction of sp³-hybridized carbons (Fsp3) is 0.600. The lowest BCUT2D eigenvalue weighted by Gasteiger charge is -2.13. The molecule has 0 unspecified atom stereocenters. The molecule has 0 aromatic heterocycles. The molecule has 0 heterocycles. The fourth-order valence-electron chi connectivity index (χ4n) is 1.01. The van der Waals surface area contributed by atoms with Gasteiger partial charge in [-0.3, -0.25) is 0 Å². The highest BCUT2D eigenvalue weighted by Crippen LogP contribution is 2.16. The number of hydrogen-bond donors (Lipinski definition) is 0. The molecule has 0 fully saturated rings. The Labute approximate surface area is 64.6 Å². The zero-order valence-electron chi connectivity index (χ0n) is 7.30. The minimum absolute atomic E-state index is 0.683. The summed E-state index contributed by atoms with van der Waals surface area (Å²) in [5.41, 5.74) is 0. The highest BCUT2D eigenvalue weighted by molar-refractivity contribution is 4.90. The van der Waals surface area contributed by atoms with Crippen LogP contribution in [-0.2, 0) is 0 Å². The van der Waals surface area contributed by atoms with Gasteiger partial charge in [-0.25, -0.2) is 0 Å². The van der Waals surface area contributed by atoms with E-state index >= 15 is 0 Å². The first-order chi connectivity index (χ1) is 4.72. The summed E-state index contributed by atoms with van der Waals surface area (Å²) in [6, 6.07) is 0. The van der Waals surface area contributed by atoms with Crippen molar-refractivity contribution < 1.29 is 0 Å². The maximum absolute atomic E-state index is 3.73. The first kappa shape index (κ1) is 9.48. The second kappa shape index (κ2) is 5.28. The van der Waals surface area contributed by atoms with Gasteiger partial charge in [-0.15, -0.1) is 6.58 Å². The van der Waals surface area contributed by atoms with Crippen molar-refractivity contribution in [3.8, 4) is 0 Å². The van der Waals surface area contributed by atoms with Crippen LogP contribution in [0.15, 0.2) is 24.8 Å². The molecule has 0 N–H and O–H groups in total. The smallest absolute Gasteiger partial charge is 0.0176 e. The lowest BCUT2D eigenvalue weighted by Crippen LogP contribution is -2.03. The van der Waals surface area contributed by atoms with Crippen molar-refractivity contribution in [3.63, 3.8) is 0 Å². The van der Waals surface area contributed by atoms with E-state index < -0.39 is 0 Å². The molecule has 0 aliphatic carbocycles. The zero-order valence-corrected chi connectivity index (χ0v) is 7.30. The van der Waals surface area contributed by atoms with Crippen molar-refractivity contribution in [2.24, 2.45) is 11.8 Å². The average Bonchev–Trinajstić information content (AvgIpc) is 1.87. The molecule has 0 aliphatic rings. The summed E-state index contributed by atoms with van der Waals surface area (Å²) in [7, 11) is 0. The number of hydrogen-bond acceptors (Lipinski definition) is 0. The lowest BCUT2D eigenvalue weighted by atomic mass is 9.92. The van der Waals surface area contributed by atoms with Crippen LogP contribution in [0.5, 0.6) is 0 Å². The Balaban J connectivity index is 3.84. The molecule has 0 rings (SSSR count). The quantitative estimate of drug-likeness (QED) is 0.522. The van der Waals surface area contributed by atoms with Crippen LogP contribution in [0.4, 0.5) is 0 Å². The van der Waals surface area contributed by atoms with E-state index in [9.17, 15) is 0 Å². The largest absolute Gasteiger partial charge is 0.103 e. The van der Waals surface area contributed by atoms with Crippen molar-refractivity contribution in [2.45, 2.75) is 27.2 Å². The maximum atomic E-state index is 3.73. The Morgan fingerprint density at radius 1 is 1.40 bits per heavy atom. The van der Waals surface area contributed by atoms with Gasteiger partial charge in [0.2, 0.25) is 0 Å². The highest BCUT2D eigenvalue weighted by atomic mass is 14.1. The van der Waals surface area contributed by atoms with E-state index in [4.69, 9.17) is 0 Å². The molecule has 0 radical (unpaired) electrons. The summed E-state index contributed by atoms with van der Waals surface area (Å²) in [4.78, 5) is 0. The standard InChI is InChI=1S/C10H18/c1-5-7-10(8-6-2)9(3)4/h5-6,8-10H,1,7H2,2-4H3/b8-6-/t10-/m1/s1. The van der Waals surface area contributed by atoms with Gasteiger partial charge < -0.3 is 0 Å². The van der Waals surface area contributed by atoms with Crippen LogP contribution in [0.25, 0.3) is 0 Å². The number of rotatable bonds is 4. The summed E-state index contributed by atoms with van der Waals surface area (Å²) in [6.07, 6.45) is 7.47. The van der Waals surface area contributed by atoms with Crippen molar-refractivity contribution in [3.05, 3.63) is 24.8 Å². The van der Waals surface area contributed by atoms with E-state index in [-0.39, 0.29) is 0 Å². The molecular formula is C10H18. The highest BCUT2D eigenvalue weighted by Gasteiger charge is 2.05. The molecule has 0 aliphatic heterocycles. The maximum Gasteiger partial charge on any atom is -0.0176 e. The van der Waals surface area contributed by atoms with Gasteiger partial charge in [0, 0.05) is 0 Å². The van der Waals surface area contributed by atoms with Crippen LogP contribution in [0.1, 0.15) is 27.2 Å². The van der Waals surface area contributed by atoms with Crippen LogP contribution < -0.4 is 0 Å². The van der Waals surface area contributed by atoms with E-state index in [1.807, 2.05) is 6.08 Å². The predicted molar refractivity (Wildman–Crippen MR) is 48.0 cm³/mol. The van der Waals surface area contributed by atoms with Crippen molar-refractivity contribution in [1.82, 2.24) is 0 Å². The minimum atomic E-state index is 0.683. The summed E-state index contributed by atoms with van der Waals surface area (Å²) >= 11 is 0. The van der Waals surface area contributed by atoms with Gasteiger partial charge in [0.1, 0.15) is 0 Å². The van der Waals surface area contributed by atoms with Crippen molar-refractivity contribution in [2.75, 3.05) is 0 Å². The summed E-state index contributed by atoms with van der Waals surface area (Å²) in [6.45, 7) is 10.3. The lowest BCUT2D eigenvalue weighted by molar-refractivity contribution is 0.470. The minimum Gasteiger partial charge on any atom is -0.103 e. The fourth-order valence-corrected chi connectivity index (χ4v) is 1.01. The Hall–Kier alpha value is -0.520. The first-order valence-corrected chi connectivity index (χ1v) is 3.96. The first-order valence-electron chi connectivity index (χ1n) is 3.96. The Bertz CT molecular complexity index is 109. The Kier molecular flexibility index (Phi) is 5.00. The Morgan fingerprint density at radius 3 is 2.30 bits per heavy atom. The number of allylic oxidation sites excluding steroid dienone is 3. The van der Waals surface area contributed by atoms with Gasteiger partial charge in [0.05, 0.1) is 0 Å². The molecule has 0 saturated carbocycles. The molecule has 1 atom stereocenters. The van der Waals surface area contributed by atoms with Gasteiger partial charge >= 0.3 is 0 Å². The van der Waals surface area contributed by atoms with Crippen LogP contribution in [0, 0.1) is 11.8 Å². The van der Waals surface area contributed by atoms with Gasteiger partial charge in [-0.1, -0.05) is 32.1 Å². The zero-order chi connectivity index (χ0) is 7.98. The van der Waals surface area contributed by atoms with Gasteiger partial charge in [0.15, 0.2) is 0 Å². The van der Waals surface area contributed by atoms with Crippen LogP contribution in [0.3, 0.4) is 0 Å². The molecular weight excluding hydrogens is 120 g/mol. The molecule has 0 heteroatoms. The summed E-state index contributed by atoms with van der Waals surface area (Å²) in [5, 5.41) is 0. The molecule has 0 aromatic carbocycles. The van der Waals surface area contributed by atoms with Crippen LogP contribution in [0.2, 0.25) is 0 Å². The summed E-state index contributed by atoms with van der Waals surface area (Å²) < 4.78 is 0. The average molecular weight is 138 g/mol. The second-order valence-electron chi connectivity index (χ2n) is 2.96. The van der Waals surface area contributed by atoms with E-state index in [0.29, 0.717) is 5.92 Å². The molecule has 0 saturated heterocycles. The van der Waals surface area contributed by atoms with E-state index in [1.165, 1.54) is 0 Å². The molecule has 0 nitrogen and oxygen atoms in total. The third-order valence-electron chi connectivity index (χ3n) is 1.73. The van der Waals surface area contributed by atoms with E-state index in [1.54, 1.807) is 0 Å². The monoisotopic (exact) mass is 138 g/mol. The topological polar surface area (TPSA) is 0 Å². The molecule has 0 amide bonds. The molecule has 10 heavy (non-hydrogen) atoms. The molecule has 0 aromatic rings. The van der Waals surface area contributed by atoms with Gasteiger partial charge in [-0.2, -0.15) is 0 Å². The SMILES string of the molecule is C=CC[C@H](/C=C\C)C(C)C. The Morgan fingerprint density at radius 2 is 2.00 bits per heavy atom. The van der Waals surface area contributed by atoms with Crippen LogP contribution >= 0.6 is 0 Å². The third kappa shape index (κ3) is 3.49. The second-order valence-corrected chi connectivity index (χ2v) is 2.96. The normalized spacial score (nSPS) is 14.4. The molecule has 58 valence electrons. The van der Waals surface area contributed by atoms with Crippen molar-refractivity contribution >= 4 is 0 Å². The third-order valence-corrected chi connectivity index (χ3v) is 1.73. The predicted octanol–water partition coefficient (Wildman–Crippen LogP) is 3.41. The van der Waals surface area contributed by atoms with Gasteiger partial charge in [-0.05, 0) is 25.2 Å². The van der Waals surface area contributed by atoms with Crippen LogP contribution in [-0.4, -0.2) is 0 Å². The summed E-state index contributed by atoms with van der Waals surface area (Å²) in [5.74, 6) is 1.41. The molecule has 0 bridgehead atoms.